The molecule has 1 aromatic heterocycles. The summed E-state index contributed by atoms with van der Waals surface area (Å²) >= 11 is 0. The SMILES string of the molecule is CC(OC(=O)c1ccc(COc2ccc(F)cc2)o1)C(=O)Nc1cc(F)ccc1F. The number of benzene rings is 2. The molecule has 1 heterocycles. The quantitative estimate of drug-likeness (QED) is 0.572. The Hall–Kier alpha value is -3.75. The minimum absolute atomic E-state index is 0.0200. The van der Waals surface area contributed by atoms with Gasteiger partial charge in [-0.3, -0.25) is 4.79 Å². The van der Waals surface area contributed by atoms with Crippen LogP contribution in [-0.4, -0.2) is 18.0 Å². The van der Waals surface area contributed by atoms with Gasteiger partial charge in [0, 0.05) is 6.07 Å². The van der Waals surface area contributed by atoms with Crippen LogP contribution in [0.25, 0.3) is 0 Å². The number of furan rings is 1. The standard InChI is InChI=1S/C21H16F3NO5/c1-12(20(26)25-18-10-14(23)4-8-17(18)24)29-21(27)19-9-7-16(30-19)11-28-15-5-2-13(22)3-6-15/h2-10,12H,11H2,1H3,(H,25,26). The number of amides is 1. The van der Waals surface area contributed by atoms with Gasteiger partial charge in [0.1, 0.15) is 35.6 Å². The molecule has 0 bridgehead atoms. The Morgan fingerprint density at radius 2 is 1.70 bits per heavy atom. The van der Waals surface area contributed by atoms with Gasteiger partial charge in [0.05, 0.1) is 5.69 Å². The fourth-order valence-electron chi connectivity index (χ4n) is 2.35. The van der Waals surface area contributed by atoms with Crippen LogP contribution in [0.3, 0.4) is 0 Å². The van der Waals surface area contributed by atoms with Crippen molar-refractivity contribution in [2.45, 2.75) is 19.6 Å². The molecule has 0 saturated carbocycles. The third kappa shape index (κ3) is 5.40. The third-order valence-corrected chi connectivity index (χ3v) is 3.90. The van der Waals surface area contributed by atoms with E-state index in [1.54, 1.807) is 0 Å². The zero-order valence-corrected chi connectivity index (χ0v) is 15.7. The highest BCUT2D eigenvalue weighted by atomic mass is 19.1. The van der Waals surface area contributed by atoms with Crippen molar-refractivity contribution in [1.82, 2.24) is 0 Å². The van der Waals surface area contributed by atoms with E-state index in [4.69, 9.17) is 13.9 Å². The summed E-state index contributed by atoms with van der Waals surface area (Å²) in [7, 11) is 0. The maximum atomic E-state index is 13.6. The highest BCUT2D eigenvalue weighted by Gasteiger charge is 2.22. The number of hydrogen-bond acceptors (Lipinski definition) is 5. The van der Waals surface area contributed by atoms with Gasteiger partial charge in [-0.2, -0.15) is 0 Å². The summed E-state index contributed by atoms with van der Waals surface area (Å²) < 4.78 is 55.4. The second-order valence-electron chi connectivity index (χ2n) is 6.17. The Labute approximate surface area is 169 Å². The second-order valence-corrected chi connectivity index (χ2v) is 6.17. The van der Waals surface area contributed by atoms with Crippen LogP contribution < -0.4 is 10.1 Å². The Morgan fingerprint density at radius 3 is 2.43 bits per heavy atom. The molecule has 6 nitrogen and oxygen atoms in total. The molecule has 1 amide bonds. The van der Waals surface area contributed by atoms with Crippen molar-refractivity contribution in [3.63, 3.8) is 0 Å². The smallest absolute Gasteiger partial charge is 0.375 e. The van der Waals surface area contributed by atoms with E-state index >= 15 is 0 Å². The molecule has 3 aromatic rings. The van der Waals surface area contributed by atoms with Crippen molar-refractivity contribution in [3.05, 3.63) is 83.6 Å². The summed E-state index contributed by atoms with van der Waals surface area (Å²) in [5, 5.41) is 2.15. The lowest BCUT2D eigenvalue weighted by atomic mass is 10.2. The number of carbonyl (C=O) groups is 2. The molecule has 1 atom stereocenters. The molecule has 0 radical (unpaired) electrons. The largest absolute Gasteiger partial charge is 0.486 e. The summed E-state index contributed by atoms with van der Waals surface area (Å²) in [6.07, 6.45) is -1.30. The molecular formula is C21H16F3NO5. The topological polar surface area (TPSA) is 77.8 Å². The fraction of sp³-hybridized carbons (Fsp3) is 0.143. The average Bonchev–Trinajstić information content (AvgIpc) is 3.19. The molecular weight excluding hydrogens is 403 g/mol. The van der Waals surface area contributed by atoms with Gasteiger partial charge in [-0.25, -0.2) is 18.0 Å². The van der Waals surface area contributed by atoms with Crippen molar-refractivity contribution in [3.8, 4) is 5.75 Å². The van der Waals surface area contributed by atoms with Crippen LogP contribution in [0.5, 0.6) is 5.75 Å². The number of halogens is 3. The molecule has 0 aliphatic carbocycles. The van der Waals surface area contributed by atoms with E-state index in [1.807, 2.05) is 0 Å². The van der Waals surface area contributed by atoms with Crippen molar-refractivity contribution in [2.24, 2.45) is 0 Å². The molecule has 3 rings (SSSR count). The minimum atomic E-state index is -1.30. The Morgan fingerprint density at radius 1 is 1.00 bits per heavy atom. The normalized spacial score (nSPS) is 11.6. The van der Waals surface area contributed by atoms with Crippen molar-refractivity contribution < 1.29 is 36.7 Å². The predicted octanol–water partition coefficient (Wildman–Crippen LogP) is 4.46. The van der Waals surface area contributed by atoms with Gasteiger partial charge in [-0.15, -0.1) is 0 Å². The van der Waals surface area contributed by atoms with Crippen molar-refractivity contribution in [2.75, 3.05) is 5.32 Å². The van der Waals surface area contributed by atoms with Crippen LogP contribution in [0.15, 0.2) is 59.0 Å². The maximum Gasteiger partial charge on any atom is 0.375 e. The molecule has 0 aliphatic rings. The highest BCUT2D eigenvalue weighted by Crippen LogP contribution is 2.18. The molecule has 0 fully saturated rings. The first-order valence-electron chi connectivity index (χ1n) is 8.76. The van der Waals surface area contributed by atoms with Gasteiger partial charge in [0.2, 0.25) is 5.76 Å². The molecule has 0 saturated heterocycles. The zero-order chi connectivity index (χ0) is 21.7. The number of ether oxygens (including phenoxy) is 2. The van der Waals surface area contributed by atoms with Crippen LogP contribution in [0.1, 0.15) is 23.2 Å². The van der Waals surface area contributed by atoms with E-state index in [9.17, 15) is 22.8 Å². The summed E-state index contributed by atoms with van der Waals surface area (Å²) in [5.41, 5.74) is -0.374. The first-order chi connectivity index (χ1) is 14.3. The number of anilines is 1. The van der Waals surface area contributed by atoms with Gasteiger partial charge < -0.3 is 19.2 Å². The number of nitrogens with one attached hydrogen (secondary N) is 1. The van der Waals surface area contributed by atoms with Crippen LogP contribution >= 0.6 is 0 Å². The zero-order valence-electron chi connectivity index (χ0n) is 15.7. The van der Waals surface area contributed by atoms with Crippen LogP contribution in [0.4, 0.5) is 18.9 Å². The lowest BCUT2D eigenvalue weighted by Gasteiger charge is -2.13. The van der Waals surface area contributed by atoms with Crippen molar-refractivity contribution in [1.29, 1.82) is 0 Å². The number of esters is 1. The fourth-order valence-corrected chi connectivity index (χ4v) is 2.35. The van der Waals surface area contributed by atoms with E-state index in [1.165, 1.54) is 43.3 Å². The lowest BCUT2D eigenvalue weighted by molar-refractivity contribution is -0.123. The summed E-state index contributed by atoms with van der Waals surface area (Å²) in [4.78, 5) is 24.2. The first kappa shape index (κ1) is 21.0. The van der Waals surface area contributed by atoms with Crippen LogP contribution in [0.2, 0.25) is 0 Å². The number of rotatable bonds is 7. The molecule has 2 aromatic carbocycles. The lowest BCUT2D eigenvalue weighted by Crippen LogP contribution is -2.30. The second kappa shape index (κ2) is 9.17. The molecule has 0 spiro atoms. The van der Waals surface area contributed by atoms with E-state index in [2.05, 4.69) is 5.32 Å². The third-order valence-electron chi connectivity index (χ3n) is 3.90. The van der Waals surface area contributed by atoms with Crippen LogP contribution in [-0.2, 0) is 16.1 Å². The minimum Gasteiger partial charge on any atom is -0.486 e. The van der Waals surface area contributed by atoms with Gasteiger partial charge in [-0.05, 0) is 55.5 Å². The maximum absolute atomic E-state index is 13.6. The molecule has 1 N–H and O–H groups in total. The summed E-state index contributed by atoms with van der Waals surface area (Å²) in [6, 6.07) is 10.7. The number of hydrogen-bond donors (Lipinski definition) is 1. The van der Waals surface area contributed by atoms with Crippen molar-refractivity contribution >= 4 is 17.6 Å². The van der Waals surface area contributed by atoms with Gasteiger partial charge >= 0.3 is 5.97 Å². The average molecular weight is 419 g/mol. The van der Waals surface area contributed by atoms with Gasteiger partial charge in [0.25, 0.3) is 5.91 Å². The molecule has 1 unspecified atom stereocenters. The van der Waals surface area contributed by atoms with E-state index in [0.29, 0.717) is 11.5 Å². The van der Waals surface area contributed by atoms with Gasteiger partial charge in [0.15, 0.2) is 6.10 Å². The highest BCUT2D eigenvalue weighted by molar-refractivity contribution is 5.96. The number of carbonyl (C=O) groups excluding carboxylic acids is 2. The Bertz CT molecular complexity index is 1050. The summed E-state index contributed by atoms with van der Waals surface area (Å²) in [6.45, 7) is 1.25. The molecule has 30 heavy (non-hydrogen) atoms. The summed E-state index contributed by atoms with van der Waals surface area (Å²) in [5.74, 6) is -3.21. The molecule has 9 heteroatoms. The van der Waals surface area contributed by atoms with E-state index < -0.39 is 35.4 Å². The van der Waals surface area contributed by atoms with Gasteiger partial charge in [-0.1, -0.05) is 0 Å². The van der Waals surface area contributed by atoms with Crippen LogP contribution in [0, 0.1) is 17.5 Å². The molecule has 156 valence electrons. The van der Waals surface area contributed by atoms with E-state index in [-0.39, 0.29) is 18.1 Å². The molecule has 0 aliphatic heterocycles. The first-order valence-corrected chi connectivity index (χ1v) is 8.76. The van der Waals surface area contributed by atoms with E-state index in [0.717, 1.165) is 18.2 Å². The predicted molar refractivity (Wildman–Crippen MR) is 99.3 cm³/mol. The monoisotopic (exact) mass is 419 g/mol. The Kier molecular flexibility index (Phi) is 6.41. The Balaban J connectivity index is 1.54.